The zero-order valence-electron chi connectivity index (χ0n) is 19.5. The molecule has 9 heteroatoms. The fraction of sp³-hybridized carbons (Fsp3) is 0.269. The van der Waals surface area contributed by atoms with Gasteiger partial charge in [-0.2, -0.15) is 5.26 Å². The van der Waals surface area contributed by atoms with Gasteiger partial charge in [-0.3, -0.25) is 19.1 Å². The molecule has 7 nitrogen and oxygen atoms in total. The predicted molar refractivity (Wildman–Crippen MR) is 127 cm³/mol. The van der Waals surface area contributed by atoms with Crippen LogP contribution in [0, 0.1) is 36.8 Å². The number of rotatable bonds is 5. The molecule has 0 bridgehead atoms. The molecule has 2 amide bonds. The number of amides is 2. The highest BCUT2D eigenvalue weighted by Crippen LogP contribution is 2.30. The molecule has 1 aliphatic heterocycles. The predicted octanol–water partition coefficient (Wildman–Crippen LogP) is 3.64. The molecule has 180 valence electrons. The third-order valence-corrected chi connectivity index (χ3v) is 6.28. The standard InChI is InChI=1S/C26H25F2N5O2/c1-17-18(2)33(20-7-5-6-19(27)14-20)25(22(17)15-29)30-24(34)16-31-10-12-32(13-11-31)26(35)21-8-3-4-9-23(21)28/h3-9,14H,10-13,16H2,1-2H3,(H,30,34). The minimum absolute atomic E-state index is 0.0339. The molecule has 0 radical (unpaired) electrons. The number of piperazine rings is 1. The number of nitrogens with zero attached hydrogens (tertiary/aromatic N) is 4. The lowest BCUT2D eigenvalue weighted by molar-refractivity contribution is -0.117. The van der Waals surface area contributed by atoms with Crippen molar-refractivity contribution in [3.8, 4) is 11.8 Å². The van der Waals surface area contributed by atoms with E-state index in [9.17, 15) is 23.6 Å². The van der Waals surface area contributed by atoms with Crippen LogP contribution in [-0.4, -0.2) is 58.9 Å². The number of carbonyl (C=O) groups is 2. The Morgan fingerprint density at radius 1 is 1.03 bits per heavy atom. The monoisotopic (exact) mass is 477 g/mol. The van der Waals surface area contributed by atoms with Gasteiger partial charge < -0.3 is 10.2 Å². The van der Waals surface area contributed by atoms with Crippen LogP contribution >= 0.6 is 0 Å². The van der Waals surface area contributed by atoms with Crippen molar-refractivity contribution in [2.45, 2.75) is 13.8 Å². The summed E-state index contributed by atoms with van der Waals surface area (Å²) in [5.41, 5.74) is 2.28. The van der Waals surface area contributed by atoms with Crippen LogP contribution in [0.15, 0.2) is 48.5 Å². The van der Waals surface area contributed by atoms with E-state index in [0.717, 1.165) is 5.69 Å². The van der Waals surface area contributed by atoms with E-state index < -0.39 is 11.6 Å². The molecule has 1 fully saturated rings. The molecule has 35 heavy (non-hydrogen) atoms. The van der Waals surface area contributed by atoms with Crippen molar-refractivity contribution < 1.29 is 18.4 Å². The van der Waals surface area contributed by atoms with E-state index in [-0.39, 0.29) is 23.9 Å². The van der Waals surface area contributed by atoms with Gasteiger partial charge in [0.1, 0.15) is 23.5 Å². The van der Waals surface area contributed by atoms with E-state index in [4.69, 9.17) is 0 Å². The van der Waals surface area contributed by atoms with Gasteiger partial charge in [-0.1, -0.05) is 18.2 Å². The van der Waals surface area contributed by atoms with Crippen LogP contribution < -0.4 is 5.32 Å². The summed E-state index contributed by atoms with van der Waals surface area (Å²) in [6.07, 6.45) is 0. The van der Waals surface area contributed by atoms with Crippen molar-refractivity contribution in [2.24, 2.45) is 0 Å². The lowest BCUT2D eigenvalue weighted by Crippen LogP contribution is -2.50. The summed E-state index contributed by atoms with van der Waals surface area (Å²) < 4.78 is 29.5. The van der Waals surface area contributed by atoms with Gasteiger partial charge in [-0.15, -0.1) is 0 Å². The molecule has 0 saturated carbocycles. The van der Waals surface area contributed by atoms with Crippen molar-refractivity contribution in [1.29, 1.82) is 5.26 Å². The maximum Gasteiger partial charge on any atom is 0.256 e. The zero-order valence-corrected chi connectivity index (χ0v) is 19.5. The second kappa shape index (κ2) is 10.1. The van der Waals surface area contributed by atoms with E-state index in [1.165, 1.54) is 30.3 Å². The smallest absolute Gasteiger partial charge is 0.256 e. The van der Waals surface area contributed by atoms with Gasteiger partial charge in [0, 0.05) is 31.9 Å². The quantitative estimate of drug-likeness (QED) is 0.609. The maximum atomic E-state index is 14.0. The minimum Gasteiger partial charge on any atom is -0.336 e. The molecule has 2 heterocycles. The number of anilines is 1. The van der Waals surface area contributed by atoms with E-state index in [1.54, 1.807) is 34.6 Å². The largest absolute Gasteiger partial charge is 0.336 e. The van der Waals surface area contributed by atoms with Crippen molar-refractivity contribution in [3.63, 3.8) is 0 Å². The third-order valence-electron chi connectivity index (χ3n) is 6.28. The van der Waals surface area contributed by atoms with Gasteiger partial charge in [-0.05, 0) is 49.7 Å². The first-order valence-electron chi connectivity index (χ1n) is 11.2. The molecule has 1 saturated heterocycles. The Bertz CT molecular complexity index is 1320. The lowest BCUT2D eigenvalue weighted by Gasteiger charge is -2.34. The fourth-order valence-electron chi connectivity index (χ4n) is 4.29. The van der Waals surface area contributed by atoms with Crippen molar-refractivity contribution in [1.82, 2.24) is 14.4 Å². The fourth-order valence-corrected chi connectivity index (χ4v) is 4.29. The molecule has 1 aliphatic rings. The molecule has 1 N–H and O–H groups in total. The Morgan fingerprint density at radius 2 is 1.74 bits per heavy atom. The number of aromatic nitrogens is 1. The number of hydrogen-bond donors (Lipinski definition) is 1. The Hall–Kier alpha value is -4.03. The summed E-state index contributed by atoms with van der Waals surface area (Å²) in [6, 6.07) is 14.0. The van der Waals surface area contributed by atoms with Gasteiger partial charge in [0.25, 0.3) is 5.91 Å². The summed E-state index contributed by atoms with van der Waals surface area (Å²) in [6.45, 7) is 5.26. The van der Waals surface area contributed by atoms with Gasteiger partial charge in [0.15, 0.2) is 0 Å². The lowest BCUT2D eigenvalue weighted by atomic mass is 10.1. The second-order valence-electron chi connectivity index (χ2n) is 8.46. The molecule has 2 aromatic carbocycles. The summed E-state index contributed by atoms with van der Waals surface area (Å²) in [4.78, 5) is 29.0. The van der Waals surface area contributed by atoms with Crippen LogP contribution in [0.4, 0.5) is 14.6 Å². The van der Waals surface area contributed by atoms with Gasteiger partial charge in [-0.25, -0.2) is 8.78 Å². The molecule has 0 unspecified atom stereocenters. The zero-order chi connectivity index (χ0) is 25.1. The van der Waals surface area contributed by atoms with E-state index in [0.29, 0.717) is 48.8 Å². The third kappa shape index (κ3) is 4.93. The number of hydrogen-bond acceptors (Lipinski definition) is 4. The van der Waals surface area contributed by atoms with E-state index in [2.05, 4.69) is 11.4 Å². The van der Waals surface area contributed by atoms with E-state index >= 15 is 0 Å². The number of carbonyl (C=O) groups excluding carboxylic acids is 2. The van der Waals surface area contributed by atoms with Crippen LogP contribution in [0.25, 0.3) is 5.69 Å². The Balaban J connectivity index is 1.44. The number of benzene rings is 2. The second-order valence-corrected chi connectivity index (χ2v) is 8.46. The highest BCUT2D eigenvalue weighted by atomic mass is 19.1. The first-order valence-corrected chi connectivity index (χ1v) is 11.2. The summed E-state index contributed by atoms with van der Waals surface area (Å²) in [5.74, 6) is -1.38. The number of nitriles is 1. The first kappa shape index (κ1) is 24.1. The Labute approximate surface area is 202 Å². The van der Waals surface area contributed by atoms with Gasteiger partial charge in [0.05, 0.1) is 23.4 Å². The highest BCUT2D eigenvalue weighted by Gasteiger charge is 2.26. The van der Waals surface area contributed by atoms with Crippen LogP contribution in [0.5, 0.6) is 0 Å². The maximum absolute atomic E-state index is 14.0. The summed E-state index contributed by atoms with van der Waals surface area (Å²) >= 11 is 0. The van der Waals surface area contributed by atoms with Crippen molar-refractivity contribution in [2.75, 3.05) is 38.0 Å². The normalized spacial score (nSPS) is 14.0. The summed E-state index contributed by atoms with van der Waals surface area (Å²) in [5, 5.41) is 12.5. The first-order chi connectivity index (χ1) is 16.8. The number of nitrogens with one attached hydrogen (secondary N) is 1. The highest BCUT2D eigenvalue weighted by molar-refractivity contribution is 5.95. The Kier molecular flexibility index (Phi) is 6.94. The average Bonchev–Trinajstić information content (AvgIpc) is 3.08. The van der Waals surface area contributed by atoms with Crippen LogP contribution in [0.1, 0.15) is 27.2 Å². The van der Waals surface area contributed by atoms with Gasteiger partial charge in [0.2, 0.25) is 5.91 Å². The molecular weight excluding hydrogens is 452 g/mol. The molecular formula is C26H25F2N5O2. The van der Waals surface area contributed by atoms with Crippen molar-refractivity contribution in [3.05, 3.63) is 82.5 Å². The average molecular weight is 478 g/mol. The molecule has 0 aliphatic carbocycles. The Morgan fingerprint density at radius 3 is 2.40 bits per heavy atom. The van der Waals surface area contributed by atoms with Crippen LogP contribution in [0.2, 0.25) is 0 Å². The molecule has 4 rings (SSSR count). The topological polar surface area (TPSA) is 81.4 Å². The summed E-state index contributed by atoms with van der Waals surface area (Å²) in [7, 11) is 0. The molecule has 0 atom stereocenters. The number of halogens is 2. The minimum atomic E-state index is -0.556. The van der Waals surface area contributed by atoms with Crippen molar-refractivity contribution >= 4 is 17.6 Å². The van der Waals surface area contributed by atoms with E-state index in [1.807, 2.05) is 11.8 Å². The van der Waals surface area contributed by atoms with Crippen LogP contribution in [-0.2, 0) is 4.79 Å². The molecule has 3 aromatic rings. The van der Waals surface area contributed by atoms with Gasteiger partial charge >= 0.3 is 0 Å². The molecule has 0 spiro atoms. The van der Waals surface area contributed by atoms with Crippen LogP contribution in [0.3, 0.4) is 0 Å². The SMILES string of the molecule is Cc1c(C#N)c(NC(=O)CN2CCN(C(=O)c3ccccc3F)CC2)n(-c2cccc(F)c2)c1C. The molecule has 1 aromatic heterocycles.